The summed E-state index contributed by atoms with van der Waals surface area (Å²) in [6.07, 6.45) is 2.20. The largest absolute Gasteiger partial charge is 0.478 e. The Balaban J connectivity index is 2.19. The highest BCUT2D eigenvalue weighted by molar-refractivity contribution is 7.11. The van der Waals surface area contributed by atoms with Gasteiger partial charge >= 0.3 is 5.97 Å². The van der Waals surface area contributed by atoms with Gasteiger partial charge in [-0.2, -0.15) is 4.37 Å². The third-order valence-corrected chi connectivity index (χ3v) is 3.86. The first-order valence-corrected chi connectivity index (χ1v) is 6.01. The lowest BCUT2D eigenvalue weighted by atomic mass is 9.77. The summed E-state index contributed by atoms with van der Waals surface area (Å²) in [5.41, 5.74) is 5.46. The molecule has 92 valence electrons. The number of hydrogen-bond donors (Lipinski definition) is 3. The standard InChI is InChI=1S/C10H13N3O3S/c1-5-6(8(14)15)7(17-13-5)12-9(16)10(11)3-2-4-10/h2-4,11H2,1H3,(H,12,16)(H,14,15). The molecular formula is C10H13N3O3S. The lowest BCUT2D eigenvalue weighted by molar-refractivity contribution is -0.123. The van der Waals surface area contributed by atoms with Crippen molar-refractivity contribution < 1.29 is 14.7 Å². The van der Waals surface area contributed by atoms with Crippen LogP contribution in [-0.2, 0) is 4.79 Å². The first-order chi connectivity index (χ1) is 7.94. The van der Waals surface area contributed by atoms with Crippen molar-refractivity contribution in [2.45, 2.75) is 31.7 Å². The summed E-state index contributed by atoms with van der Waals surface area (Å²) in [5.74, 6) is -1.42. The summed E-state index contributed by atoms with van der Waals surface area (Å²) in [6, 6.07) is 0. The predicted molar refractivity (Wildman–Crippen MR) is 63.2 cm³/mol. The third-order valence-electron chi connectivity index (χ3n) is 3.00. The summed E-state index contributed by atoms with van der Waals surface area (Å²) >= 11 is 0.965. The molecule has 0 bridgehead atoms. The summed E-state index contributed by atoms with van der Waals surface area (Å²) in [4.78, 5) is 22.9. The Morgan fingerprint density at radius 3 is 2.65 bits per heavy atom. The van der Waals surface area contributed by atoms with E-state index in [2.05, 4.69) is 9.69 Å². The Morgan fingerprint density at radius 2 is 2.18 bits per heavy atom. The summed E-state index contributed by atoms with van der Waals surface area (Å²) in [5, 5.41) is 11.8. The van der Waals surface area contributed by atoms with Gasteiger partial charge in [-0.25, -0.2) is 4.79 Å². The second-order valence-electron chi connectivity index (χ2n) is 4.24. The molecule has 0 unspecified atom stereocenters. The highest BCUT2D eigenvalue weighted by Crippen LogP contribution is 2.32. The summed E-state index contributed by atoms with van der Waals surface area (Å²) in [6.45, 7) is 1.59. The maximum atomic E-state index is 11.9. The lowest BCUT2D eigenvalue weighted by Gasteiger charge is -2.35. The number of aromatic carboxylic acids is 1. The summed E-state index contributed by atoms with van der Waals surface area (Å²) < 4.78 is 3.92. The molecule has 0 spiro atoms. The Bertz CT molecular complexity index is 479. The van der Waals surface area contributed by atoms with Crippen LogP contribution in [0.15, 0.2) is 0 Å². The van der Waals surface area contributed by atoms with Crippen LogP contribution in [0.4, 0.5) is 5.00 Å². The van der Waals surface area contributed by atoms with Crippen LogP contribution in [0.25, 0.3) is 0 Å². The molecule has 4 N–H and O–H groups in total. The molecular weight excluding hydrogens is 242 g/mol. The van der Waals surface area contributed by atoms with Crippen LogP contribution in [0.1, 0.15) is 35.3 Å². The van der Waals surface area contributed by atoms with Crippen molar-refractivity contribution >= 4 is 28.4 Å². The molecule has 6 nitrogen and oxygen atoms in total. The molecule has 1 heterocycles. The van der Waals surface area contributed by atoms with Crippen LogP contribution in [0.5, 0.6) is 0 Å². The zero-order chi connectivity index (χ0) is 12.6. The number of nitrogens with two attached hydrogens (primary N) is 1. The molecule has 1 aromatic rings. The van der Waals surface area contributed by atoms with Crippen molar-refractivity contribution in [3.8, 4) is 0 Å². The number of carboxylic acids is 1. The molecule has 17 heavy (non-hydrogen) atoms. The van der Waals surface area contributed by atoms with Gasteiger partial charge in [-0.15, -0.1) is 0 Å². The van der Waals surface area contributed by atoms with Crippen LogP contribution in [-0.4, -0.2) is 26.9 Å². The highest BCUT2D eigenvalue weighted by atomic mass is 32.1. The second-order valence-corrected chi connectivity index (χ2v) is 5.01. The molecule has 1 fully saturated rings. The number of nitrogens with zero attached hydrogens (tertiary/aromatic N) is 1. The van der Waals surface area contributed by atoms with E-state index in [4.69, 9.17) is 10.8 Å². The maximum Gasteiger partial charge on any atom is 0.340 e. The molecule has 7 heteroatoms. The topological polar surface area (TPSA) is 105 Å². The van der Waals surface area contributed by atoms with Gasteiger partial charge in [0.15, 0.2) is 0 Å². The number of carbonyl (C=O) groups excluding carboxylic acids is 1. The lowest BCUT2D eigenvalue weighted by Crippen LogP contribution is -2.56. The van der Waals surface area contributed by atoms with E-state index in [0.29, 0.717) is 18.5 Å². The average molecular weight is 255 g/mol. The first-order valence-electron chi connectivity index (χ1n) is 5.24. The maximum absolute atomic E-state index is 11.9. The molecule has 1 aliphatic carbocycles. The van der Waals surface area contributed by atoms with Gasteiger partial charge in [0.1, 0.15) is 10.6 Å². The minimum atomic E-state index is -1.09. The minimum Gasteiger partial charge on any atom is -0.478 e. The van der Waals surface area contributed by atoms with Gasteiger partial charge in [0.2, 0.25) is 5.91 Å². The van der Waals surface area contributed by atoms with Crippen molar-refractivity contribution in [2.75, 3.05) is 5.32 Å². The molecule has 1 amide bonds. The fourth-order valence-electron chi connectivity index (χ4n) is 1.72. The van der Waals surface area contributed by atoms with E-state index in [1.54, 1.807) is 6.92 Å². The molecule has 0 aromatic carbocycles. The van der Waals surface area contributed by atoms with Gasteiger partial charge in [-0.05, 0) is 37.7 Å². The number of carboxylic acid groups (broad SMARTS) is 1. The van der Waals surface area contributed by atoms with Crippen molar-refractivity contribution in [3.05, 3.63) is 11.3 Å². The Hall–Kier alpha value is -1.47. The highest BCUT2D eigenvalue weighted by Gasteiger charge is 2.40. The van der Waals surface area contributed by atoms with E-state index in [0.717, 1.165) is 18.0 Å². The monoisotopic (exact) mass is 255 g/mol. The van der Waals surface area contributed by atoms with Crippen LogP contribution in [0.2, 0.25) is 0 Å². The van der Waals surface area contributed by atoms with E-state index >= 15 is 0 Å². The van der Waals surface area contributed by atoms with Crippen LogP contribution in [0.3, 0.4) is 0 Å². The number of aryl methyl sites for hydroxylation is 1. The van der Waals surface area contributed by atoms with Gasteiger partial charge in [0.05, 0.1) is 11.2 Å². The Labute approximate surface area is 102 Å². The zero-order valence-corrected chi connectivity index (χ0v) is 10.1. The first kappa shape index (κ1) is 12.0. The van der Waals surface area contributed by atoms with Crippen LogP contribution >= 0.6 is 11.5 Å². The fraction of sp³-hybridized carbons (Fsp3) is 0.500. The van der Waals surface area contributed by atoms with E-state index in [1.807, 2.05) is 0 Å². The van der Waals surface area contributed by atoms with Crippen molar-refractivity contribution in [1.82, 2.24) is 4.37 Å². The average Bonchev–Trinajstić information content (AvgIpc) is 2.56. The Morgan fingerprint density at radius 1 is 1.53 bits per heavy atom. The molecule has 2 rings (SSSR count). The van der Waals surface area contributed by atoms with Crippen LogP contribution < -0.4 is 11.1 Å². The van der Waals surface area contributed by atoms with Gasteiger partial charge in [-0.1, -0.05) is 0 Å². The Kier molecular flexibility index (Phi) is 2.88. The van der Waals surface area contributed by atoms with Gasteiger partial charge in [-0.3, -0.25) is 4.79 Å². The second kappa shape index (κ2) is 4.08. The summed E-state index contributed by atoms with van der Waals surface area (Å²) in [7, 11) is 0. The normalized spacial score (nSPS) is 17.3. The van der Waals surface area contributed by atoms with Gasteiger partial charge < -0.3 is 16.2 Å². The number of carbonyl (C=O) groups is 2. The predicted octanol–water partition coefficient (Wildman–Crippen LogP) is 0.970. The number of aromatic nitrogens is 1. The van der Waals surface area contributed by atoms with Crippen molar-refractivity contribution in [3.63, 3.8) is 0 Å². The molecule has 0 radical (unpaired) electrons. The zero-order valence-electron chi connectivity index (χ0n) is 9.32. The van der Waals surface area contributed by atoms with Crippen LogP contribution in [0, 0.1) is 6.92 Å². The number of rotatable bonds is 3. The number of amides is 1. The number of nitrogens with one attached hydrogen (secondary N) is 1. The van der Waals surface area contributed by atoms with E-state index < -0.39 is 11.5 Å². The molecule has 1 saturated carbocycles. The number of hydrogen-bond acceptors (Lipinski definition) is 5. The minimum absolute atomic E-state index is 0.0475. The molecule has 1 aromatic heterocycles. The molecule has 0 saturated heterocycles. The third kappa shape index (κ3) is 2.03. The van der Waals surface area contributed by atoms with Crippen molar-refractivity contribution in [2.24, 2.45) is 5.73 Å². The van der Waals surface area contributed by atoms with Gasteiger partial charge in [0.25, 0.3) is 0 Å². The van der Waals surface area contributed by atoms with Crippen molar-refractivity contribution in [1.29, 1.82) is 0 Å². The SMILES string of the molecule is Cc1nsc(NC(=O)C2(N)CCC2)c1C(=O)O. The fourth-order valence-corrected chi connectivity index (χ4v) is 2.50. The van der Waals surface area contributed by atoms with E-state index in [-0.39, 0.29) is 16.5 Å². The molecule has 0 aliphatic heterocycles. The molecule has 0 atom stereocenters. The van der Waals surface area contributed by atoms with E-state index in [1.165, 1.54) is 0 Å². The molecule has 1 aliphatic rings. The van der Waals surface area contributed by atoms with Gasteiger partial charge in [0, 0.05) is 0 Å². The van der Waals surface area contributed by atoms with E-state index in [9.17, 15) is 9.59 Å². The number of anilines is 1. The smallest absolute Gasteiger partial charge is 0.340 e. The quantitative estimate of drug-likeness (QED) is 0.746.